The van der Waals surface area contributed by atoms with Gasteiger partial charge in [-0.15, -0.1) is 0 Å². The standard InChI is InChI=1S/C75H136N2O21/c1-4-6-8-10-12-14-16-18-20-22-23-24-25-26-27-28-29-30-31-33-35-37-39-41-43-45-47-49-62(85)77-56(57(82)48-46-44-42-40-38-36-34-32-21-19-17-15-13-11-9-7-5-2)54-93-72-67(89)66(88)69(61(53-80)95-72)96-73-68(90)71(65(87)60(52-79)94-73)98-75(74(91)92)50-58(83)63(76-55(3)81)70(97-75)64(86)59(84)51-78/h23-24,26-27,46,48,56-61,63-73,78-80,82-84,86-90H,4-22,25,28-45,47,49-54H2,1-3H3,(H,76,81)(H,77,85)(H,91,92)/b24-23-,27-26-,48-46+. The van der Waals surface area contributed by atoms with Crippen molar-refractivity contribution in [2.75, 3.05) is 26.4 Å². The third kappa shape index (κ3) is 35.4. The van der Waals surface area contributed by atoms with E-state index < -0.39 is 155 Å². The highest BCUT2D eigenvalue weighted by Gasteiger charge is 2.60. The van der Waals surface area contributed by atoms with Crippen molar-refractivity contribution in [1.29, 1.82) is 0 Å². The Balaban J connectivity index is 1.54. The summed E-state index contributed by atoms with van der Waals surface area (Å²) in [6.07, 6.45) is 30.4. The van der Waals surface area contributed by atoms with Crippen molar-refractivity contribution in [2.24, 2.45) is 0 Å². The van der Waals surface area contributed by atoms with Crippen LogP contribution >= 0.6 is 0 Å². The first-order chi connectivity index (χ1) is 47.4. The molecule has 0 aromatic heterocycles. The number of nitrogens with one attached hydrogen (secondary N) is 2. The first kappa shape index (κ1) is 89.2. The van der Waals surface area contributed by atoms with Crippen molar-refractivity contribution in [3.8, 4) is 0 Å². The molecule has 0 aliphatic carbocycles. The molecule has 0 spiro atoms. The molecule has 23 heteroatoms. The Morgan fingerprint density at radius 2 is 0.990 bits per heavy atom. The molecule has 3 fully saturated rings. The lowest BCUT2D eigenvalue weighted by Gasteiger charge is -2.50. The van der Waals surface area contributed by atoms with Crippen LogP contribution < -0.4 is 10.6 Å². The monoisotopic (exact) mass is 1400 g/mol. The Kier molecular flexibility index (Phi) is 49.7. The number of allylic oxidation sites excluding steroid dienone is 5. The maximum atomic E-state index is 13.5. The maximum absolute atomic E-state index is 13.5. The molecule has 98 heavy (non-hydrogen) atoms. The zero-order valence-corrected chi connectivity index (χ0v) is 60.1. The van der Waals surface area contributed by atoms with Gasteiger partial charge in [0, 0.05) is 19.8 Å². The number of aliphatic hydroxyl groups excluding tert-OH is 11. The highest BCUT2D eigenvalue weighted by molar-refractivity contribution is 5.77. The van der Waals surface area contributed by atoms with E-state index in [0.717, 1.165) is 64.7 Å². The maximum Gasteiger partial charge on any atom is 0.364 e. The van der Waals surface area contributed by atoms with Gasteiger partial charge in [-0.25, -0.2) is 4.79 Å². The van der Waals surface area contributed by atoms with Gasteiger partial charge in [0.25, 0.3) is 5.79 Å². The van der Waals surface area contributed by atoms with Crippen LogP contribution in [0.25, 0.3) is 0 Å². The number of unbranched alkanes of at least 4 members (excludes halogenated alkanes) is 35. The number of ether oxygens (including phenoxy) is 6. The van der Waals surface area contributed by atoms with Gasteiger partial charge in [0.15, 0.2) is 12.6 Å². The van der Waals surface area contributed by atoms with Crippen LogP contribution in [0.4, 0.5) is 0 Å². The van der Waals surface area contributed by atoms with E-state index in [0.29, 0.717) is 12.8 Å². The molecule has 3 aliphatic heterocycles. The van der Waals surface area contributed by atoms with Crippen molar-refractivity contribution in [3.05, 3.63) is 36.5 Å². The van der Waals surface area contributed by atoms with Crippen LogP contribution in [-0.2, 0) is 42.8 Å². The summed E-state index contributed by atoms with van der Waals surface area (Å²) in [4.78, 5) is 38.6. The number of aliphatic hydroxyl groups is 11. The van der Waals surface area contributed by atoms with Crippen molar-refractivity contribution >= 4 is 17.8 Å². The fraction of sp³-hybridized carbons (Fsp3) is 0.880. The molecule has 0 aromatic carbocycles. The minimum Gasteiger partial charge on any atom is -0.477 e. The van der Waals surface area contributed by atoms with Gasteiger partial charge in [0.05, 0.1) is 50.7 Å². The molecule has 18 unspecified atom stereocenters. The van der Waals surface area contributed by atoms with Gasteiger partial charge < -0.3 is 100 Å². The highest BCUT2D eigenvalue weighted by Crippen LogP contribution is 2.39. The van der Waals surface area contributed by atoms with Crippen LogP contribution in [0.2, 0.25) is 0 Å². The summed E-state index contributed by atoms with van der Waals surface area (Å²) in [5, 5.41) is 136. The molecule has 14 N–H and O–H groups in total. The molecule has 2 amide bonds. The van der Waals surface area contributed by atoms with Crippen LogP contribution in [-0.4, -0.2) is 215 Å². The minimum atomic E-state index is -3.08. The van der Waals surface area contributed by atoms with E-state index >= 15 is 0 Å². The number of carboxylic acid groups (broad SMARTS) is 1. The molecule has 3 heterocycles. The summed E-state index contributed by atoms with van der Waals surface area (Å²) >= 11 is 0. The van der Waals surface area contributed by atoms with Crippen LogP contribution in [0, 0.1) is 0 Å². The van der Waals surface area contributed by atoms with E-state index in [-0.39, 0.29) is 12.3 Å². The molecule has 23 nitrogen and oxygen atoms in total. The predicted octanol–water partition coefficient (Wildman–Crippen LogP) is 8.96. The molecule has 18 atom stereocenters. The van der Waals surface area contributed by atoms with E-state index in [1.165, 1.54) is 180 Å². The Bertz CT molecular complexity index is 2110. The average molecular weight is 1400 g/mol. The summed E-state index contributed by atoms with van der Waals surface area (Å²) in [6, 6.07) is -2.62. The van der Waals surface area contributed by atoms with Crippen LogP contribution in [0.3, 0.4) is 0 Å². The van der Waals surface area contributed by atoms with Crippen molar-refractivity contribution < 1.29 is 104 Å². The van der Waals surface area contributed by atoms with Gasteiger partial charge in [-0.3, -0.25) is 9.59 Å². The predicted molar refractivity (Wildman–Crippen MR) is 375 cm³/mol. The molecular weight excluding hydrogens is 1260 g/mol. The number of rotatable bonds is 59. The van der Waals surface area contributed by atoms with E-state index in [1.54, 1.807) is 6.08 Å². The van der Waals surface area contributed by atoms with Crippen LogP contribution in [0.15, 0.2) is 36.5 Å². The number of carboxylic acids is 1. The number of hydrogen-bond donors (Lipinski definition) is 14. The third-order valence-electron chi connectivity index (χ3n) is 19.3. The first-order valence-electron chi connectivity index (χ1n) is 38.4. The van der Waals surface area contributed by atoms with E-state index in [9.17, 15) is 75.7 Å². The van der Waals surface area contributed by atoms with Crippen LogP contribution in [0.5, 0.6) is 0 Å². The van der Waals surface area contributed by atoms with Crippen LogP contribution in [0.1, 0.15) is 284 Å². The topological polar surface area (TPSA) is 373 Å². The van der Waals surface area contributed by atoms with Crippen molar-refractivity contribution in [2.45, 2.75) is 394 Å². The van der Waals surface area contributed by atoms with Crippen molar-refractivity contribution in [3.63, 3.8) is 0 Å². The molecule has 3 saturated heterocycles. The minimum absolute atomic E-state index is 0.198. The molecule has 3 aliphatic rings. The van der Waals surface area contributed by atoms with Gasteiger partial charge in [-0.05, 0) is 51.4 Å². The zero-order valence-electron chi connectivity index (χ0n) is 60.1. The Labute approximate surface area is 586 Å². The fourth-order valence-electron chi connectivity index (χ4n) is 13.2. The van der Waals surface area contributed by atoms with Gasteiger partial charge in [0.1, 0.15) is 67.1 Å². The Morgan fingerprint density at radius 1 is 0.541 bits per heavy atom. The number of amides is 2. The summed E-state index contributed by atoms with van der Waals surface area (Å²) in [6.45, 7) is 2.16. The lowest BCUT2D eigenvalue weighted by Crippen LogP contribution is -2.70. The van der Waals surface area contributed by atoms with E-state index in [4.69, 9.17) is 28.4 Å². The summed E-state index contributed by atoms with van der Waals surface area (Å²) in [7, 11) is 0. The largest absolute Gasteiger partial charge is 0.477 e. The number of carbonyl (C=O) groups is 3. The summed E-state index contributed by atoms with van der Waals surface area (Å²) < 4.78 is 34.9. The summed E-state index contributed by atoms with van der Waals surface area (Å²) in [5.74, 6) is -6.14. The van der Waals surface area contributed by atoms with Gasteiger partial charge in [0.2, 0.25) is 11.8 Å². The Morgan fingerprint density at radius 3 is 1.44 bits per heavy atom. The molecule has 572 valence electrons. The highest BCUT2D eigenvalue weighted by atomic mass is 16.8. The zero-order chi connectivity index (χ0) is 71.8. The normalized spacial score (nSPS) is 27.4. The smallest absolute Gasteiger partial charge is 0.364 e. The second kappa shape index (κ2) is 54.6. The molecule has 3 rings (SSSR count). The van der Waals surface area contributed by atoms with Gasteiger partial charge in [-0.1, -0.05) is 249 Å². The second-order valence-corrected chi connectivity index (χ2v) is 27.9. The number of carbonyl (C=O) groups excluding carboxylic acids is 2. The first-order valence-corrected chi connectivity index (χ1v) is 38.4. The van der Waals surface area contributed by atoms with Gasteiger partial charge in [-0.2, -0.15) is 0 Å². The molecule has 0 bridgehead atoms. The van der Waals surface area contributed by atoms with Gasteiger partial charge >= 0.3 is 5.97 Å². The third-order valence-corrected chi connectivity index (χ3v) is 19.3. The summed E-state index contributed by atoms with van der Waals surface area (Å²) in [5.41, 5.74) is 0. The molecule has 0 radical (unpaired) electrons. The van der Waals surface area contributed by atoms with Crippen molar-refractivity contribution in [1.82, 2.24) is 10.6 Å². The molecular formula is C75H136N2O21. The quantitative estimate of drug-likeness (QED) is 0.0199. The number of aliphatic carboxylic acids is 1. The fourth-order valence-corrected chi connectivity index (χ4v) is 13.2. The molecule has 0 aromatic rings. The lowest BCUT2D eigenvalue weighted by atomic mass is 9.88. The average Bonchev–Trinajstić information content (AvgIpc) is 0.756. The van der Waals surface area contributed by atoms with E-state index in [2.05, 4.69) is 48.8 Å². The van der Waals surface area contributed by atoms with E-state index in [1.807, 2.05) is 6.08 Å². The molecule has 0 saturated carbocycles. The lowest BCUT2D eigenvalue weighted by molar-refractivity contribution is -0.386. The second-order valence-electron chi connectivity index (χ2n) is 27.9. The number of hydrogen-bond acceptors (Lipinski definition) is 20. The SMILES string of the molecule is CCCCCCCCCCC/C=C\C/C=C\CCCCCCCCCCCCCC(=O)NC(COC1OC(CO)C(OC2OC(CO)C(O)C(OC3(C(=O)O)CC(O)C(NC(C)=O)C(C(O)C(O)CO)O3)C2O)C(O)C1O)C(O)/C=C/CCCCCCCCCCCCCCCCC. The Hall–Kier alpha value is -3.05.